The van der Waals surface area contributed by atoms with E-state index in [1.54, 1.807) is 0 Å². The Bertz CT molecular complexity index is 579. The molecule has 0 amide bonds. The maximum absolute atomic E-state index is 5.80. The zero-order valence-corrected chi connectivity index (χ0v) is 12.2. The van der Waals surface area contributed by atoms with Crippen molar-refractivity contribution in [1.29, 1.82) is 0 Å². The van der Waals surface area contributed by atoms with Crippen molar-refractivity contribution in [2.24, 2.45) is 5.92 Å². The smallest absolute Gasteiger partial charge is 0.247 e. The van der Waals surface area contributed by atoms with Gasteiger partial charge in [0.15, 0.2) is 0 Å². The second-order valence-electron chi connectivity index (χ2n) is 5.85. The Kier molecular flexibility index (Phi) is 3.83. The van der Waals surface area contributed by atoms with Crippen LogP contribution >= 0.6 is 0 Å². The number of aryl methyl sites for hydroxylation is 1. The number of rotatable bonds is 3. The van der Waals surface area contributed by atoms with Gasteiger partial charge in [0.2, 0.25) is 11.8 Å². The van der Waals surface area contributed by atoms with Crippen LogP contribution in [-0.2, 0) is 6.54 Å². The second kappa shape index (κ2) is 5.75. The third-order valence-electron chi connectivity index (χ3n) is 3.83. The first-order valence-corrected chi connectivity index (χ1v) is 7.32. The Morgan fingerprint density at radius 3 is 3.05 bits per heavy atom. The number of hydrogen-bond acceptors (Lipinski definition) is 4. The molecule has 4 heteroatoms. The van der Waals surface area contributed by atoms with Crippen molar-refractivity contribution in [3.05, 3.63) is 35.7 Å². The molecule has 0 radical (unpaired) electrons. The Balaban J connectivity index is 1.70. The molecule has 1 aromatic carbocycles. The van der Waals surface area contributed by atoms with Gasteiger partial charge in [-0.3, -0.25) is 4.90 Å². The number of hydrogen-bond donors (Lipinski definition) is 0. The summed E-state index contributed by atoms with van der Waals surface area (Å²) in [6, 6.07) is 8.16. The van der Waals surface area contributed by atoms with Crippen LogP contribution in [0.4, 0.5) is 0 Å². The van der Waals surface area contributed by atoms with E-state index in [1.165, 1.54) is 18.4 Å². The van der Waals surface area contributed by atoms with Crippen LogP contribution in [0.15, 0.2) is 28.7 Å². The van der Waals surface area contributed by atoms with E-state index in [2.05, 4.69) is 41.1 Å². The van der Waals surface area contributed by atoms with Crippen molar-refractivity contribution in [2.75, 3.05) is 13.1 Å². The van der Waals surface area contributed by atoms with E-state index in [-0.39, 0.29) is 0 Å². The Hall–Kier alpha value is -1.68. The lowest BCUT2D eigenvalue weighted by molar-refractivity contribution is 0.163. The fourth-order valence-corrected chi connectivity index (χ4v) is 2.83. The van der Waals surface area contributed by atoms with E-state index in [1.807, 2.05) is 12.1 Å². The lowest BCUT2D eigenvalue weighted by atomic mass is 10.0. The van der Waals surface area contributed by atoms with Crippen LogP contribution in [0.25, 0.3) is 11.5 Å². The molecule has 20 heavy (non-hydrogen) atoms. The van der Waals surface area contributed by atoms with E-state index in [9.17, 15) is 0 Å². The minimum atomic E-state index is 0.619. The molecule has 1 atom stereocenters. The van der Waals surface area contributed by atoms with Crippen LogP contribution in [0.1, 0.15) is 31.2 Å². The molecule has 1 saturated heterocycles. The van der Waals surface area contributed by atoms with Gasteiger partial charge in [-0.15, -0.1) is 10.2 Å². The molecule has 1 aromatic heterocycles. The maximum Gasteiger partial charge on any atom is 0.247 e. The summed E-state index contributed by atoms with van der Waals surface area (Å²) >= 11 is 0. The van der Waals surface area contributed by atoms with Crippen molar-refractivity contribution in [1.82, 2.24) is 15.1 Å². The van der Waals surface area contributed by atoms with Crippen LogP contribution in [0.2, 0.25) is 0 Å². The number of nitrogens with zero attached hydrogens (tertiary/aromatic N) is 3. The third-order valence-corrected chi connectivity index (χ3v) is 3.83. The molecule has 1 fully saturated rings. The first-order valence-electron chi connectivity index (χ1n) is 7.32. The fraction of sp³-hybridized carbons (Fsp3) is 0.500. The Morgan fingerprint density at radius 1 is 1.35 bits per heavy atom. The van der Waals surface area contributed by atoms with Gasteiger partial charge in [0.25, 0.3) is 0 Å². The molecule has 2 heterocycles. The van der Waals surface area contributed by atoms with E-state index in [0.29, 0.717) is 5.89 Å². The molecular formula is C16H21N3O. The van der Waals surface area contributed by atoms with Crippen molar-refractivity contribution in [3.63, 3.8) is 0 Å². The average Bonchev–Trinajstić information content (AvgIpc) is 2.87. The van der Waals surface area contributed by atoms with Gasteiger partial charge in [-0.25, -0.2) is 0 Å². The monoisotopic (exact) mass is 271 g/mol. The Morgan fingerprint density at radius 2 is 2.25 bits per heavy atom. The van der Waals surface area contributed by atoms with Gasteiger partial charge in [-0.05, 0) is 44.4 Å². The topological polar surface area (TPSA) is 42.2 Å². The van der Waals surface area contributed by atoms with Crippen LogP contribution in [-0.4, -0.2) is 28.2 Å². The molecule has 0 N–H and O–H groups in total. The van der Waals surface area contributed by atoms with E-state index >= 15 is 0 Å². The Labute approximate surface area is 119 Å². The van der Waals surface area contributed by atoms with Gasteiger partial charge in [0, 0.05) is 12.1 Å². The van der Waals surface area contributed by atoms with Gasteiger partial charge in [0.1, 0.15) is 0 Å². The zero-order valence-electron chi connectivity index (χ0n) is 12.2. The summed E-state index contributed by atoms with van der Waals surface area (Å²) in [5.74, 6) is 2.10. The van der Waals surface area contributed by atoms with Gasteiger partial charge < -0.3 is 4.42 Å². The number of aromatic nitrogens is 2. The van der Waals surface area contributed by atoms with Gasteiger partial charge >= 0.3 is 0 Å². The molecule has 0 bridgehead atoms. The molecule has 3 rings (SSSR count). The fourth-order valence-electron chi connectivity index (χ4n) is 2.83. The highest BCUT2D eigenvalue weighted by atomic mass is 16.4. The molecule has 1 aliphatic heterocycles. The highest BCUT2D eigenvalue weighted by molar-refractivity contribution is 5.53. The van der Waals surface area contributed by atoms with Crippen LogP contribution in [0.5, 0.6) is 0 Å². The molecule has 106 valence electrons. The summed E-state index contributed by atoms with van der Waals surface area (Å²) in [7, 11) is 0. The summed E-state index contributed by atoms with van der Waals surface area (Å²) in [5.41, 5.74) is 2.20. The van der Waals surface area contributed by atoms with Crippen molar-refractivity contribution in [3.8, 4) is 11.5 Å². The standard InChI is InChI=1S/C16H21N3O/c1-12-5-3-7-14(9-12)16-18-17-15(20-16)11-19-8-4-6-13(2)10-19/h3,5,7,9,13H,4,6,8,10-11H2,1-2H3. The number of piperidine rings is 1. The SMILES string of the molecule is Cc1cccc(-c2nnc(CN3CCCC(C)C3)o2)c1. The maximum atomic E-state index is 5.80. The predicted octanol–water partition coefficient (Wildman–Crippen LogP) is 3.28. The highest BCUT2D eigenvalue weighted by Gasteiger charge is 2.18. The van der Waals surface area contributed by atoms with Crippen LogP contribution < -0.4 is 0 Å². The van der Waals surface area contributed by atoms with Crippen LogP contribution in [0.3, 0.4) is 0 Å². The molecule has 0 saturated carbocycles. The summed E-state index contributed by atoms with van der Waals surface area (Å²) in [6.45, 7) is 7.39. The minimum Gasteiger partial charge on any atom is -0.419 e. The summed E-state index contributed by atoms with van der Waals surface area (Å²) < 4.78 is 5.80. The molecule has 0 aliphatic carbocycles. The van der Waals surface area contributed by atoms with Gasteiger partial charge in [0.05, 0.1) is 6.54 Å². The predicted molar refractivity (Wildman–Crippen MR) is 78.1 cm³/mol. The minimum absolute atomic E-state index is 0.619. The summed E-state index contributed by atoms with van der Waals surface area (Å²) in [4.78, 5) is 2.40. The molecule has 1 aliphatic rings. The average molecular weight is 271 g/mol. The third kappa shape index (κ3) is 3.07. The normalized spacial score (nSPS) is 20.2. The van der Waals surface area contributed by atoms with Crippen molar-refractivity contribution < 1.29 is 4.42 Å². The molecule has 4 nitrogen and oxygen atoms in total. The quantitative estimate of drug-likeness (QED) is 0.859. The summed E-state index contributed by atoms with van der Waals surface area (Å²) in [5, 5.41) is 8.35. The number of likely N-dealkylation sites (tertiary alicyclic amines) is 1. The van der Waals surface area contributed by atoms with Gasteiger partial charge in [-0.1, -0.05) is 24.6 Å². The lowest BCUT2D eigenvalue weighted by Gasteiger charge is -2.29. The van der Waals surface area contributed by atoms with Gasteiger partial charge in [-0.2, -0.15) is 0 Å². The highest BCUT2D eigenvalue weighted by Crippen LogP contribution is 2.21. The second-order valence-corrected chi connectivity index (χ2v) is 5.85. The molecule has 2 aromatic rings. The first-order chi connectivity index (χ1) is 9.70. The van der Waals surface area contributed by atoms with Crippen molar-refractivity contribution in [2.45, 2.75) is 33.2 Å². The first kappa shape index (κ1) is 13.3. The van der Waals surface area contributed by atoms with E-state index in [4.69, 9.17) is 4.42 Å². The van der Waals surface area contributed by atoms with Crippen molar-refractivity contribution >= 4 is 0 Å². The van der Waals surface area contributed by atoms with Crippen LogP contribution in [0, 0.1) is 12.8 Å². The molecule has 1 unspecified atom stereocenters. The lowest BCUT2D eigenvalue weighted by Crippen LogP contribution is -2.33. The molecule has 0 spiro atoms. The molecular weight excluding hydrogens is 250 g/mol. The largest absolute Gasteiger partial charge is 0.419 e. The number of benzene rings is 1. The van der Waals surface area contributed by atoms with E-state index < -0.39 is 0 Å². The zero-order chi connectivity index (χ0) is 13.9. The van der Waals surface area contributed by atoms with E-state index in [0.717, 1.165) is 37.0 Å². The summed E-state index contributed by atoms with van der Waals surface area (Å²) in [6.07, 6.45) is 2.59.